The van der Waals surface area contributed by atoms with Crippen LogP contribution >= 0.6 is 0 Å². The Hall–Kier alpha value is -1.61. The van der Waals surface area contributed by atoms with Gasteiger partial charge in [0, 0.05) is 30.9 Å². The third-order valence-electron chi connectivity index (χ3n) is 3.67. The minimum Gasteiger partial charge on any atom is -0.313 e. The van der Waals surface area contributed by atoms with E-state index in [-0.39, 0.29) is 5.41 Å². The molecular formula is C18H27N3. The van der Waals surface area contributed by atoms with Crippen molar-refractivity contribution in [2.24, 2.45) is 7.05 Å². The van der Waals surface area contributed by atoms with E-state index in [0.29, 0.717) is 0 Å². The molecule has 1 aromatic carbocycles. The van der Waals surface area contributed by atoms with E-state index in [0.717, 1.165) is 25.2 Å². The molecule has 1 aromatic heterocycles. The minimum absolute atomic E-state index is 0.189. The van der Waals surface area contributed by atoms with Crippen LogP contribution in [-0.2, 0) is 19.0 Å². The fourth-order valence-corrected chi connectivity index (χ4v) is 2.44. The molecule has 0 aliphatic rings. The summed E-state index contributed by atoms with van der Waals surface area (Å²) in [4.78, 5) is 0. The third kappa shape index (κ3) is 3.94. The molecular weight excluding hydrogens is 258 g/mol. The Balaban J connectivity index is 2.25. The van der Waals surface area contributed by atoms with Gasteiger partial charge in [0.2, 0.25) is 0 Å². The third-order valence-corrected chi connectivity index (χ3v) is 3.67. The summed E-state index contributed by atoms with van der Waals surface area (Å²) in [6.07, 6.45) is 3.26. The van der Waals surface area contributed by atoms with Crippen molar-refractivity contribution in [2.75, 3.05) is 6.54 Å². The van der Waals surface area contributed by atoms with E-state index in [4.69, 9.17) is 0 Å². The Morgan fingerprint density at radius 2 is 1.81 bits per heavy atom. The highest BCUT2D eigenvalue weighted by atomic mass is 15.3. The van der Waals surface area contributed by atoms with Crippen molar-refractivity contribution in [3.63, 3.8) is 0 Å². The van der Waals surface area contributed by atoms with Crippen molar-refractivity contribution in [1.29, 1.82) is 0 Å². The quantitative estimate of drug-likeness (QED) is 0.845. The second-order valence-corrected chi connectivity index (χ2v) is 6.68. The second-order valence-electron chi connectivity index (χ2n) is 6.68. The predicted octanol–water partition coefficient (Wildman–Crippen LogP) is 3.88. The van der Waals surface area contributed by atoms with E-state index < -0.39 is 0 Å². The van der Waals surface area contributed by atoms with E-state index in [2.05, 4.69) is 68.6 Å². The number of nitrogens with zero attached hydrogens (tertiary/aromatic N) is 2. The number of rotatable bonds is 5. The van der Waals surface area contributed by atoms with E-state index >= 15 is 0 Å². The smallest absolute Gasteiger partial charge is 0.0967 e. The number of benzene rings is 1. The minimum atomic E-state index is 0.189. The second kappa shape index (κ2) is 6.44. The van der Waals surface area contributed by atoms with Crippen LogP contribution in [0.3, 0.4) is 0 Å². The average Bonchev–Trinajstić information content (AvgIpc) is 2.79. The van der Waals surface area contributed by atoms with Crippen LogP contribution in [0.2, 0.25) is 0 Å². The molecule has 0 saturated carbocycles. The fraction of sp³-hybridized carbons (Fsp3) is 0.500. The maximum absolute atomic E-state index is 4.63. The lowest BCUT2D eigenvalue weighted by Crippen LogP contribution is -2.14. The van der Waals surface area contributed by atoms with Crippen LogP contribution in [0, 0.1) is 0 Å². The van der Waals surface area contributed by atoms with Crippen LogP contribution in [0.4, 0.5) is 0 Å². The molecule has 0 spiro atoms. The molecule has 0 fully saturated rings. The first-order valence-electron chi connectivity index (χ1n) is 7.76. The summed E-state index contributed by atoms with van der Waals surface area (Å²) in [5.41, 5.74) is 5.08. The van der Waals surface area contributed by atoms with Crippen molar-refractivity contribution in [1.82, 2.24) is 15.1 Å². The summed E-state index contributed by atoms with van der Waals surface area (Å²) in [5, 5.41) is 8.09. The van der Waals surface area contributed by atoms with Gasteiger partial charge in [-0.2, -0.15) is 5.10 Å². The van der Waals surface area contributed by atoms with Gasteiger partial charge in [-0.25, -0.2) is 0 Å². The van der Waals surface area contributed by atoms with E-state index in [1.807, 2.05) is 11.7 Å². The van der Waals surface area contributed by atoms with Gasteiger partial charge in [0.15, 0.2) is 0 Å². The average molecular weight is 285 g/mol. The molecule has 1 heterocycles. The zero-order valence-corrected chi connectivity index (χ0v) is 13.9. The first-order valence-corrected chi connectivity index (χ1v) is 7.76. The van der Waals surface area contributed by atoms with Gasteiger partial charge in [0.25, 0.3) is 0 Å². The Kier molecular flexibility index (Phi) is 4.84. The zero-order chi connectivity index (χ0) is 15.5. The van der Waals surface area contributed by atoms with Gasteiger partial charge in [-0.1, -0.05) is 52.0 Å². The number of hydrogen-bond donors (Lipinski definition) is 1. The fourth-order valence-electron chi connectivity index (χ4n) is 2.44. The maximum atomic E-state index is 4.63. The van der Waals surface area contributed by atoms with Crippen molar-refractivity contribution >= 4 is 0 Å². The predicted molar refractivity (Wildman–Crippen MR) is 89.3 cm³/mol. The highest BCUT2D eigenvalue weighted by Gasteiger charge is 2.15. The molecule has 3 heteroatoms. The molecule has 0 aliphatic carbocycles. The van der Waals surface area contributed by atoms with Crippen molar-refractivity contribution in [3.05, 3.63) is 41.6 Å². The number of hydrogen-bond acceptors (Lipinski definition) is 2. The van der Waals surface area contributed by atoms with Gasteiger partial charge in [0.1, 0.15) is 0 Å². The van der Waals surface area contributed by atoms with E-state index in [1.54, 1.807) is 0 Å². The SMILES string of the molecule is CCCNCc1cn(C)nc1-c1ccc(C(C)(C)C)cc1. The molecule has 0 amide bonds. The number of aryl methyl sites for hydroxylation is 1. The maximum Gasteiger partial charge on any atom is 0.0967 e. The van der Waals surface area contributed by atoms with Crippen LogP contribution in [0.15, 0.2) is 30.5 Å². The van der Waals surface area contributed by atoms with Crippen LogP contribution in [0.5, 0.6) is 0 Å². The summed E-state index contributed by atoms with van der Waals surface area (Å²) in [5.74, 6) is 0. The number of nitrogens with one attached hydrogen (secondary N) is 1. The van der Waals surface area contributed by atoms with Crippen molar-refractivity contribution < 1.29 is 0 Å². The molecule has 114 valence electrons. The summed E-state index contributed by atoms with van der Waals surface area (Å²) in [7, 11) is 1.98. The standard InChI is InChI=1S/C18H27N3/c1-6-11-19-12-15-13-21(5)20-17(15)14-7-9-16(10-8-14)18(2,3)4/h7-10,13,19H,6,11-12H2,1-5H3. The van der Waals surface area contributed by atoms with Gasteiger partial charge < -0.3 is 5.32 Å². The summed E-state index contributed by atoms with van der Waals surface area (Å²) < 4.78 is 1.90. The summed E-state index contributed by atoms with van der Waals surface area (Å²) in [6.45, 7) is 10.8. The molecule has 0 radical (unpaired) electrons. The monoisotopic (exact) mass is 285 g/mol. The van der Waals surface area contributed by atoms with Crippen molar-refractivity contribution in [2.45, 2.75) is 46.1 Å². The van der Waals surface area contributed by atoms with Gasteiger partial charge in [-0.15, -0.1) is 0 Å². The molecule has 21 heavy (non-hydrogen) atoms. The first-order chi connectivity index (χ1) is 9.91. The Labute approximate surface area is 128 Å². The highest BCUT2D eigenvalue weighted by Crippen LogP contribution is 2.27. The molecule has 0 unspecified atom stereocenters. The molecule has 1 N–H and O–H groups in total. The molecule has 2 rings (SSSR count). The highest BCUT2D eigenvalue weighted by molar-refractivity contribution is 5.63. The van der Waals surface area contributed by atoms with Gasteiger partial charge in [0.05, 0.1) is 5.69 Å². The molecule has 0 saturated heterocycles. The van der Waals surface area contributed by atoms with Gasteiger partial charge in [-0.05, 0) is 23.9 Å². The zero-order valence-electron chi connectivity index (χ0n) is 13.9. The van der Waals surface area contributed by atoms with Gasteiger partial charge >= 0.3 is 0 Å². The van der Waals surface area contributed by atoms with Crippen molar-refractivity contribution in [3.8, 4) is 11.3 Å². The van der Waals surface area contributed by atoms with E-state index in [1.165, 1.54) is 16.7 Å². The van der Waals surface area contributed by atoms with Crippen LogP contribution < -0.4 is 5.32 Å². The van der Waals surface area contributed by atoms with Crippen LogP contribution in [0.1, 0.15) is 45.2 Å². The molecule has 3 nitrogen and oxygen atoms in total. The van der Waals surface area contributed by atoms with Crippen LogP contribution in [-0.4, -0.2) is 16.3 Å². The lowest BCUT2D eigenvalue weighted by atomic mass is 9.86. The lowest BCUT2D eigenvalue weighted by Gasteiger charge is -2.19. The lowest BCUT2D eigenvalue weighted by molar-refractivity contribution is 0.590. The topological polar surface area (TPSA) is 29.9 Å². The molecule has 0 atom stereocenters. The Bertz CT molecular complexity index is 574. The normalized spacial score (nSPS) is 11.9. The summed E-state index contributed by atoms with van der Waals surface area (Å²) in [6, 6.07) is 8.80. The van der Waals surface area contributed by atoms with Crippen LogP contribution in [0.25, 0.3) is 11.3 Å². The summed E-state index contributed by atoms with van der Waals surface area (Å²) >= 11 is 0. The number of aromatic nitrogens is 2. The molecule has 0 aliphatic heterocycles. The largest absolute Gasteiger partial charge is 0.313 e. The van der Waals surface area contributed by atoms with Gasteiger partial charge in [-0.3, -0.25) is 4.68 Å². The first kappa shape index (κ1) is 15.8. The Morgan fingerprint density at radius 3 is 2.38 bits per heavy atom. The molecule has 0 bridgehead atoms. The van der Waals surface area contributed by atoms with E-state index in [9.17, 15) is 0 Å². The molecule has 2 aromatic rings. The Morgan fingerprint density at radius 1 is 1.14 bits per heavy atom.